The average molecular weight is 1590 g/mol. The van der Waals surface area contributed by atoms with Crippen molar-refractivity contribution < 1.29 is 80.8 Å². The minimum atomic E-state index is -0.833. The van der Waals surface area contributed by atoms with Crippen LogP contribution in [0.15, 0.2) is 182 Å². The number of nitrogens with one attached hydrogen (secondary N) is 2. The lowest BCUT2D eigenvalue weighted by molar-refractivity contribution is -0.384. The van der Waals surface area contributed by atoms with Gasteiger partial charge in [-0.1, -0.05) is 130 Å². The van der Waals surface area contributed by atoms with Gasteiger partial charge in [-0.3, -0.25) is 29.8 Å². The van der Waals surface area contributed by atoms with Gasteiger partial charge in [0.1, 0.15) is 109 Å². The standard InChI is InChI=1S/C15H14ClFN2O3.C15H12ClFN2O2.C13H10ClFN2O3.C13H12ClFN2O.C7H7FO.C6H4Cl2N2O2.C2H4O2/c16-11-5-12(18)13(19-15(21)7-20)6-14(11)22-8-9-2-1-3-10(17)4-9;16-11-5-12-13(19-15(7-20)18-12)6-14(11)21-8-9-2-1-3-10(17)4-9;14-10-5-11(16)12(17(18)19)6-13(10)20-7-8-2-1-3-9(15)4-8;14-10-5-11(16)12(17)6-13(10)18-7-8-2-1-3-9(15)4-8;8-7-3-1-2-6(4-7)5-9;7-3-1-5(9)6(10(11)12)2-4(3)8;1-2(3)4/h1-6,20H,7-8,18H2,(H,19,21);1-6,20H,7-8H2,(H,18,19);1-6H,7,16H2;1-6H,7,16-17H2;1-4,9H,5H2;1-2H,9H2;1H3,(H,3,4). The molecular weight excluding hydrogens is 1520 g/mol. The molecule has 1 amide bonds. The Morgan fingerprint density at radius 2 is 0.783 bits per heavy atom. The Hall–Kier alpha value is -11.1. The number of aromatic amines is 1. The molecule has 24 nitrogen and oxygen atoms in total. The van der Waals surface area contributed by atoms with Crippen molar-refractivity contribution in [3.8, 4) is 23.0 Å². The number of nitro groups is 2. The summed E-state index contributed by atoms with van der Waals surface area (Å²) in [5, 5.41) is 58.8. The fourth-order valence-electron chi connectivity index (χ4n) is 8.25. The number of nitro benzene ring substituents is 2. The second-order valence-corrected chi connectivity index (χ2v) is 23.7. The largest absolute Gasteiger partial charge is 0.487 e. The molecule has 0 atom stereocenters. The van der Waals surface area contributed by atoms with Crippen LogP contribution in [0.3, 0.4) is 0 Å². The molecule has 1 aromatic heterocycles. The summed E-state index contributed by atoms with van der Waals surface area (Å²) in [5.41, 5.74) is 33.2. The summed E-state index contributed by atoms with van der Waals surface area (Å²) in [6, 6.07) is 44.1. The van der Waals surface area contributed by atoms with E-state index in [1.165, 1.54) is 91.0 Å². The Morgan fingerprint density at radius 3 is 1.17 bits per heavy atom. The molecular formula is C71H63Cl6F5N10O14. The van der Waals surface area contributed by atoms with Crippen molar-refractivity contribution in [2.75, 3.05) is 40.6 Å². The number of carboxylic acid groups (broad SMARTS) is 1. The number of aromatic nitrogens is 2. The van der Waals surface area contributed by atoms with E-state index < -0.39 is 28.3 Å². The summed E-state index contributed by atoms with van der Waals surface area (Å²) in [4.78, 5) is 47.2. The molecule has 106 heavy (non-hydrogen) atoms. The number of H-pyrrole nitrogens is 1. The van der Waals surface area contributed by atoms with Crippen LogP contribution in [-0.4, -0.2) is 58.7 Å². The van der Waals surface area contributed by atoms with Crippen molar-refractivity contribution in [1.29, 1.82) is 0 Å². The average Bonchev–Trinajstić information content (AvgIpc) is 1.60. The number of nitrogens with two attached hydrogens (primary N) is 5. The molecule has 35 heteroatoms. The Balaban J connectivity index is 0.000000230. The van der Waals surface area contributed by atoms with Gasteiger partial charge in [0.2, 0.25) is 5.91 Å². The molecule has 0 aliphatic rings. The van der Waals surface area contributed by atoms with Crippen molar-refractivity contribution in [3.05, 3.63) is 295 Å². The Kier molecular flexibility index (Phi) is 34.4. The van der Waals surface area contributed by atoms with Gasteiger partial charge in [-0.15, -0.1) is 0 Å². The smallest absolute Gasteiger partial charge is 0.300 e. The number of amides is 1. The van der Waals surface area contributed by atoms with E-state index in [1.54, 1.807) is 78.9 Å². The molecule has 0 saturated heterocycles. The molecule has 0 saturated carbocycles. The lowest BCUT2D eigenvalue weighted by Gasteiger charge is -2.13. The molecule has 0 spiro atoms. The Bertz CT molecular complexity index is 4840. The van der Waals surface area contributed by atoms with Gasteiger partial charge in [0, 0.05) is 31.2 Å². The van der Waals surface area contributed by atoms with Gasteiger partial charge in [-0.25, -0.2) is 26.9 Å². The van der Waals surface area contributed by atoms with Gasteiger partial charge in [0.15, 0.2) is 0 Å². The second-order valence-electron chi connectivity index (χ2n) is 21.3. The normalized spacial score (nSPS) is 10.2. The predicted octanol–water partition coefficient (Wildman–Crippen LogP) is 16.7. The molecule has 11 rings (SSSR count). The van der Waals surface area contributed by atoms with Crippen molar-refractivity contribution in [2.24, 2.45) is 0 Å². The van der Waals surface area contributed by atoms with Gasteiger partial charge < -0.3 is 78.3 Å². The number of carboxylic acids is 1. The van der Waals surface area contributed by atoms with Crippen LogP contribution in [0.25, 0.3) is 11.0 Å². The first-order valence-corrected chi connectivity index (χ1v) is 32.3. The van der Waals surface area contributed by atoms with Crippen LogP contribution in [0.2, 0.25) is 30.1 Å². The topological polar surface area (TPSA) is 409 Å². The molecule has 0 unspecified atom stereocenters. The highest BCUT2D eigenvalue weighted by atomic mass is 35.5. The summed E-state index contributed by atoms with van der Waals surface area (Å²) in [7, 11) is 0. The first kappa shape index (κ1) is 85.5. The quantitative estimate of drug-likeness (QED) is 0.0164. The summed E-state index contributed by atoms with van der Waals surface area (Å²) < 4.78 is 86.4. The van der Waals surface area contributed by atoms with E-state index >= 15 is 0 Å². The zero-order chi connectivity index (χ0) is 78.3. The monoisotopic (exact) mass is 1580 g/mol. The summed E-state index contributed by atoms with van der Waals surface area (Å²) in [6.07, 6.45) is 0. The number of imidazole rings is 1. The number of nitrogen functional groups attached to an aromatic ring is 5. The Labute approximate surface area is 630 Å². The lowest BCUT2D eigenvalue weighted by Crippen LogP contribution is -2.16. The van der Waals surface area contributed by atoms with Crippen LogP contribution in [-0.2, 0) is 49.2 Å². The third-order valence-electron chi connectivity index (χ3n) is 13.1. The number of aliphatic hydroxyl groups is 3. The van der Waals surface area contributed by atoms with E-state index in [1.807, 2.05) is 0 Å². The third-order valence-corrected chi connectivity index (χ3v) is 15.0. The van der Waals surface area contributed by atoms with Gasteiger partial charge >= 0.3 is 0 Å². The fourth-order valence-corrected chi connectivity index (χ4v) is 9.47. The lowest BCUT2D eigenvalue weighted by atomic mass is 10.2. The van der Waals surface area contributed by atoms with Gasteiger partial charge in [0.25, 0.3) is 17.3 Å². The van der Waals surface area contributed by atoms with Crippen molar-refractivity contribution in [2.45, 2.75) is 46.6 Å². The number of benzene rings is 10. The van der Waals surface area contributed by atoms with Gasteiger partial charge in [-0.2, -0.15) is 0 Å². The number of rotatable bonds is 18. The van der Waals surface area contributed by atoms with Crippen LogP contribution in [0.1, 0.15) is 40.6 Å². The van der Waals surface area contributed by atoms with Crippen LogP contribution in [0.4, 0.5) is 67.5 Å². The second kappa shape index (κ2) is 42.6. The van der Waals surface area contributed by atoms with E-state index in [-0.39, 0.29) is 134 Å². The van der Waals surface area contributed by atoms with Crippen molar-refractivity contribution in [3.63, 3.8) is 0 Å². The van der Waals surface area contributed by atoms with Gasteiger partial charge in [-0.05, 0) is 119 Å². The molecule has 10 aromatic carbocycles. The molecule has 0 radical (unpaired) electrons. The number of ether oxygens (including phenoxy) is 4. The number of hydrogen-bond donors (Lipinski definition) is 11. The number of fused-ring (bicyclic) bond motifs is 1. The van der Waals surface area contributed by atoms with Crippen LogP contribution >= 0.6 is 69.6 Å². The molecule has 0 aliphatic heterocycles. The molecule has 1 heterocycles. The number of aliphatic hydroxyl groups excluding tert-OH is 3. The van der Waals surface area contributed by atoms with E-state index in [9.17, 15) is 47.0 Å². The number of carbonyl (C=O) groups is 2. The van der Waals surface area contributed by atoms with E-state index in [0.717, 1.165) is 24.6 Å². The molecule has 0 aliphatic carbocycles. The highest BCUT2D eigenvalue weighted by Gasteiger charge is 2.18. The van der Waals surface area contributed by atoms with E-state index in [0.29, 0.717) is 72.1 Å². The molecule has 558 valence electrons. The number of halogens is 11. The minimum absolute atomic E-state index is 0.00870. The number of aliphatic carboxylic acids is 1. The molecule has 11 aromatic rings. The van der Waals surface area contributed by atoms with Crippen molar-refractivity contribution in [1.82, 2.24) is 9.97 Å². The minimum Gasteiger partial charge on any atom is -0.487 e. The zero-order valence-corrected chi connectivity index (χ0v) is 59.6. The predicted molar refractivity (Wildman–Crippen MR) is 397 cm³/mol. The molecule has 0 fully saturated rings. The third kappa shape index (κ3) is 28.8. The number of carbonyl (C=O) groups excluding carboxylic acids is 1. The highest BCUT2D eigenvalue weighted by Crippen LogP contribution is 2.37. The van der Waals surface area contributed by atoms with Crippen LogP contribution < -0.4 is 52.9 Å². The maximum Gasteiger partial charge on any atom is 0.300 e. The number of hydrogen-bond acceptors (Lipinski definition) is 19. The summed E-state index contributed by atoms with van der Waals surface area (Å²) >= 11 is 35.1. The highest BCUT2D eigenvalue weighted by molar-refractivity contribution is 6.42. The number of nitrogens with zero attached hydrogens (tertiary/aromatic N) is 3. The summed E-state index contributed by atoms with van der Waals surface area (Å²) in [6.45, 7) is 0.708. The zero-order valence-electron chi connectivity index (χ0n) is 55.0. The van der Waals surface area contributed by atoms with Crippen LogP contribution in [0.5, 0.6) is 23.0 Å². The number of anilines is 6. The maximum atomic E-state index is 13.1. The maximum absolute atomic E-state index is 13.1. The van der Waals surface area contributed by atoms with Crippen molar-refractivity contribution >= 4 is 138 Å². The SMILES string of the molecule is CC(=O)O.Nc1cc(Cl)c(Cl)cc1[N+](=O)[O-].Nc1cc(Cl)c(OCc2cccc(F)c2)cc1N.Nc1cc(Cl)c(OCc2cccc(F)c2)cc1NC(=O)CO.Nc1cc(Cl)c(OCc2cccc(F)c2)cc1[N+](=O)[O-].OCc1cccc(F)c1.OCc1nc2cc(OCc3cccc(F)c3)c(Cl)cc2[nH]1. The van der Waals surface area contributed by atoms with Crippen LogP contribution in [0, 0.1) is 49.3 Å². The first-order valence-electron chi connectivity index (χ1n) is 30.1. The Morgan fingerprint density at radius 1 is 0.453 bits per heavy atom. The molecule has 0 bridgehead atoms. The fraction of sp³-hybridized carbons (Fsp3) is 0.113. The first-order chi connectivity index (χ1) is 50.2. The van der Waals surface area contributed by atoms with E-state index in [2.05, 4.69) is 15.3 Å². The van der Waals surface area contributed by atoms with Gasteiger partial charge in [0.05, 0.1) is 86.4 Å². The molecule has 16 N–H and O–H groups in total. The summed E-state index contributed by atoms with van der Waals surface area (Å²) in [5.74, 6) is -1.35. The van der Waals surface area contributed by atoms with E-state index in [4.69, 9.17) is 142 Å².